The highest BCUT2D eigenvalue weighted by Crippen LogP contribution is 2.08. The molecular weight excluding hydrogens is 146 g/mol. The molecule has 0 saturated carbocycles. The maximum absolute atomic E-state index is 8.25. The number of rotatable bonds is 5. The summed E-state index contributed by atoms with van der Waals surface area (Å²) in [7, 11) is 0. The maximum Gasteiger partial charge on any atom is 0.0816 e. The Kier molecular flexibility index (Phi) is 5.41. The summed E-state index contributed by atoms with van der Waals surface area (Å²) in [6.45, 7) is 6.02. The Balaban J connectivity index is 3.29. The van der Waals surface area contributed by atoms with Crippen molar-refractivity contribution in [1.82, 2.24) is 5.39 Å². The van der Waals surface area contributed by atoms with E-state index in [1.54, 1.807) is 6.92 Å². The molecule has 0 aromatic heterocycles. The summed E-state index contributed by atoms with van der Waals surface area (Å²) >= 11 is 0. The van der Waals surface area contributed by atoms with Crippen LogP contribution < -0.4 is 0 Å². The molecule has 0 radical (unpaired) electrons. The molecule has 0 bridgehead atoms. The van der Waals surface area contributed by atoms with Crippen molar-refractivity contribution in [3.63, 3.8) is 0 Å². The SMILES string of the molecule is CC(C)CCC(C)ON(O)O. The number of hydrogen-bond acceptors (Lipinski definition) is 4. The van der Waals surface area contributed by atoms with Crippen LogP contribution in [0.5, 0.6) is 0 Å². The van der Waals surface area contributed by atoms with Crippen LogP contribution in [0.4, 0.5) is 0 Å². The first kappa shape index (κ1) is 10.8. The highest BCUT2D eigenvalue weighted by Gasteiger charge is 2.06. The summed E-state index contributed by atoms with van der Waals surface area (Å²) < 4.78 is 0. The van der Waals surface area contributed by atoms with Crippen LogP contribution >= 0.6 is 0 Å². The van der Waals surface area contributed by atoms with Gasteiger partial charge in [-0.15, -0.1) is 0 Å². The van der Waals surface area contributed by atoms with Crippen LogP contribution in [0.2, 0.25) is 0 Å². The highest BCUT2D eigenvalue weighted by atomic mass is 17.1. The lowest BCUT2D eigenvalue weighted by atomic mass is 10.1. The summed E-state index contributed by atoms with van der Waals surface area (Å²) in [5.74, 6) is 0.617. The summed E-state index contributed by atoms with van der Waals surface area (Å²) in [5.41, 5.74) is 0. The summed E-state index contributed by atoms with van der Waals surface area (Å²) in [5, 5.41) is 16.3. The van der Waals surface area contributed by atoms with Crippen LogP contribution in [0.3, 0.4) is 0 Å². The third kappa shape index (κ3) is 7.74. The molecule has 0 spiro atoms. The molecule has 2 N–H and O–H groups in total. The first-order chi connectivity index (χ1) is 5.02. The first-order valence-corrected chi connectivity index (χ1v) is 3.87. The van der Waals surface area contributed by atoms with Crippen LogP contribution in [0.15, 0.2) is 0 Å². The Bertz CT molecular complexity index is 95.7. The second kappa shape index (κ2) is 5.49. The van der Waals surface area contributed by atoms with Crippen molar-refractivity contribution in [1.29, 1.82) is 0 Å². The van der Waals surface area contributed by atoms with Gasteiger partial charge in [0.25, 0.3) is 0 Å². The van der Waals surface area contributed by atoms with Gasteiger partial charge in [0.1, 0.15) is 0 Å². The lowest BCUT2D eigenvalue weighted by Gasteiger charge is -2.14. The van der Waals surface area contributed by atoms with Gasteiger partial charge in [-0.1, -0.05) is 13.8 Å². The summed E-state index contributed by atoms with van der Waals surface area (Å²) in [6, 6.07) is 0. The Labute approximate surface area is 67.3 Å². The average Bonchev–Trinajstić information content (AvgIpc) is 1.82. The third-order valence-corrected chi connectivity index (χ3v) is 1.42. The van der Waals surface area contributed by atoms with Gasteiger partial charge in [0.2, 0.25) is 0 Å². The third-order valence-electron chi connectivity index (χ3n) is 1.42. The smallest absolute Gasteiger partial charge is 0.0816 e. The van der Waals surface area contributed by atoms with E-state index in [1.165, 1.54) is 0 Å². The molecule has 0 aliphatic heterocycles. The molecule has 0 rings (SSSR count). The van der Waals surface area contributed by atoms with Crippen LogP contribution in [-0.2, 0) is 4.84 Å². The lowest BCUT2D eigenvalue weighted by molar-refractivity contribution is -0.503. The van der Waals surface area contributed by atoms with Crippen LogP contribution in [0.25, 0.3) is 0 Å². The molecule has 0 amide bonds. The van der Waals surface area contributed by atoms with E-state index in [1.807, 2.05) is 0 Å². The maximum atomic E-state index is 8.25. The summed E-state index contributed by atoms with van der Waals surface area (Å²) in [6.07, 6.45) is 1.71. The van der Waals surface area contributed by atoms with Gasteiger partial charge < -0.3 is 0 Å². The number of nitrogens with zero attached hydrogens (tertiary/aromatic N) is 1. The van der Waals surface area contributed by atoms with E-state index in [-0.39, 0.29) is 11.5 Å². The van der Waals surface area contributed by atoms with Crippen molar-refractivity contribution in [3.05, 3.63) is 0 Å². The normalized spacial score (nSPS) is 14.5. The van der Waals surface area contributed by atoms with Gasteiger partial charge in [-0.3, -0.25) is 10.4 Å². The van der Waals surface area contributed by atoms with Crippen molar-refractivity contribution >= 4 is 0 Å². The molecule has 0 fully saturated rings. The Morgan fingerprint density at radius 2 is 1.73 bits per heavy atom. The molecule has 0 heterocycles. The zero-order valence-corrected chi connectivity index (χ0v) is 7.32. The van der Waals surface area contributed by atoms with Crippen molar-refractivity contribution in [2.75, 3.05) is 0 Å². The second-order valence-corrected chi connectivity index (χ2v) is 3.14. The van der Waals surface area contributed by atoms with Crippen LogP contribution in [0.1, 0.15) is 33.6 Å². The zero-order valence-electron chi connectivity index (χ0n) is 7.32. The predicted molar refractivity (Wildman–Crippen MR) is 40.0 cm³/mol. The molecule has 0 aromatic carbocycles. The minimum atomic E-state index is -0.231. The fourth-order valence-corrected chi connectivity index (χ4v) is 0.782. The molecule has 0 aliphatic carbocycles. The molecule has 1 atom stereocenters. The van der Waals surface area contributed by atoms with E-state index in [2.05, 4.69) is 18.7 Å². The molecule has 1 unspecified atom stereocenters. The Morgan fingerprint density at radius 3 is 2.09 bits per heavy atom. The van der Waals surface area contributed by atoms with E-state index in [9.17, 15) is 0 Å². The molecule has 11 heavy (non-hydrogen) atoms. The lowest BCUT2D eigenvalue weighted by Crippen LogP contribution is -2.22. The summed E-state index contributed by atoms with van der Waals surface area (Å²) in [4.78, 5) is 4.54. The van der Waals surface area contributed by atoms with Crippen molar-refractivity contribution in [3.8, 4) is 0 Å². The molecule has 0 aliphatic rings. The van der Waals surface area contributed by atoms with E-state index >= 15 is 0 Å². The standard InChI is InChI=1S/C7H17NO3/c1-6(2)4-5-7(3)11-8(9)10/h6-7,9-10H,4-5H2,1-3H3. The van der Waals surface area contributed by atoms with Crippen molar-refractivity contribution in [2.24, 2.45) is 5.92 Å². The van der Waals surface area contributed by atoms with Gasteiger partial charge in [0.15, 0.2) is 0 Å². The molecule has 68 valence electrons. The highest BCUT2D eigenvalue weighted by molar-refractivity contribution is 4.51. The van der Waals surface area contributed by atoms with E-state index < -0.39 is 0 Å². The fraction of sp³-hybridized carbons (Fsp3) is 1.00. The zero-order chi connectivity index (χ0) is 8.85. The monoisotopic (exact) mass is 163 g/mol. The molecule has 0 saturated heterocycles. The molecule has 4 heteroatoms. The topological polar surface area (TPSA) is 52.9 Å². The largest absolute Gasteiger partial charge is 0.266 e. The Hall–Kier alpha value is -0.160. The van der Waals surface area contributed by atoms with Crippen molar-refractivity contribution in [2.45, 2.75) is 39.7 Å². The fourth-order valence-electron chi connectivity index (χ4n) is 0.782. The van der Waals surface area contributed by atoms with Crippen LogP contribution in [0, 0.1) is 5.92 Å². The average molecular weight is 163 g/mol. The quantitative estimate of drug-likeness (QED) is 0.607. The van der Waals surface area contributed by atoms with Gasteiger partial charge >= 0.3 is 0 Å². The first-order valence-electron chi connectivity index (χ1n) is 3.87. The Morgan fingerprint density at radius 1 is 1.18 bits per heavy atom. The van der Waals surface area contributed by atoms with E-state index in [0.29, 0.717) is 5.92 Å². The predicted octanol–water partition coefficient (Wildman–Crippen LogP) is 1.82. The minimum Gasteiger partial charge on any atom is -0.266 e. The van der Waals surface area contributed by atoms with Gasteiger partial charge in [0.05, 0.1) is 11.5 Å². The van der Waals surface area contributed by atoms with Crippen molar-refractivity contribution < 1.29 is 15.3 Å². The van der Waals surface area contributed by atoms with Gasteiger partial charge in [-0.05, 0) is 25.7 Å². The molecule has 0 aromatic rings. The van der Waals surface area contributed by atoms with Gasteiger partial charge in [0, 0.05) is 0 Å². The van der Waals surface area contributed by atoms with Gasteiger partial charge in [-0.25, -0.2) is 4.84 Å². The molecular formula is C7H17NO3. The van der Waals surface area contributed by atoms with E-state index in [0.717, 1.165) is 12.8 Å². The van der Waals surface area contributed by atoms with E-state index in [4.69, 9.17) is 10.4 Å². The van der Waals surface area contributed by atoms with Crippen LogP contribution in [-0.4, -0.2) is 21.9 Å². The number of hydrogen-bond donors (Lipinski definition) is 2. The minimum absolute atomic E-state index is 0.146. The molecule has 4 nitrogen and oxygen atoms in total. The van der Waals surface area contributed by atoms with Gasteiger partial charge in [-0.2, -0.15) is 0 Å². The second-order valence-electron chi connectivity index (χ2n) is 3.14.